The molecule has 1 saturated carbocycles. The summed E-state index contributed by atoms with van der Waals surface area (Å²) in [7, 11) is 0. The van der Waals surface area contributed by atoms with Gasteiger partial charge in [0.15, 0.2) is 0 Å². The molecule has 118 valence electrons. The largest absolute Gasteiger partial charge is 0.396 e. The van der Waals surface area contributed by atoms with Crippen LogP contribution in [0.2, 0.25) is 0 Å². The molecule has 1 aromatic carbocycles. The first-order valence-electron chi connectivity index (χ1n) is 7.70. The molecule has 1 aliphatic carbocycles. The molecule has 5 nitrogen and oxygen atoms in total. The molecule has 1 aliphatic rings. The second-order valence-corrected chi connectivity index (χ2v) is 5.99. The van der Waals surface area contributed by atoms with Crippen LogP contribution in [0.25, 0.3) is 0 Å². The van der Waals surface area contributed by atoms with Gasteiger partial charge < -0.3 is 15.7 Å². The zero-order chi connectivity index (χ0) is 16.0. The molecule has 0 aromatic heterocycles. The van der Waals surface area contributed by atoms with Gasteiger partial charge >= 0.3 is 0 Å². The van der Waals surface area contributed by atoms with Crippen molar-refractivity contribution in [2.75, 3.05) is 13.2 Å². The third-order valence-corrected chi connectivity index (χ3v) is 4.15. The number of benzene rings is 1. The van der Waals surface area contributed by atoms with Gasteiger partial charge in [-0.25, -0.2) is 0 Å². The third kappa shape index (κ3) is 4.30. The molecule has 1 aromatic rings. The Hall–Kier alpha value is -1.90. The fourth-order valence-electron chi connectivity index (χ4n) is 2.63. The van der Waals surface area contributed by atoms with Crippen LogP contribution in [-0.4, -0.2) is 29.7 Å². The van der Waals surface area contributed by atoms with Crippen LogP contribution in [0.4, 0.5) is 0 Å². The van der Waals surface area contributed by atoms with E-state index < -0.39 is 5.54 Å². The minimum Gasteiger partial charge on any atom is -0.396 e. The number of aliphatic hydroxyl groups is 1. The minimum absolute atomic E-state index is 0.0478. The second-order valence-electron chi connectivity index (χ2n) is 5.99. The predicted octanol–water partition coefficient (Wildman–Crippen LogP) is 1.51. The van der Waals surface area contributed by atoms with E-state index in [1.807, 2.05) is 30.3 Å². The van der Waals surface area contributed by atoms with Gasteiger partial charge in [-0.3, -0.25) is 4.79 Å². The number of nitrogens with zero attached hydrogens (tertiary/aromatic N) is 1. The van der Waals surface area contributed by atoms with Crippen LogP contribution >= 0.6 is 0 Å². The molecular formula is C17H23N3O2. The summed E-state index contributed by atoms with van der Waals surface area (Å²) >= 11 is 0. The van der Waals surface area contributed by atoms with E-state index in [-0.39, 0.29) is 31.0 Å². The summed E-state index contributed by atoms with van der Waals surface area (Å²) in [6, 6.07) is 11.9. The molecule has 1 amide bonds. The highest BCUT2D eigenvalue weighted by molar-refractivity contribution is 5.79. The van der Waals surface area contributed by atoms with Crippen molar-refractivity contribution in [2.24, 2.45) is 5.92 Å². The average Bonchev–Trinajstić information content (AvgIpc) is 3.37. The first kappa shape index (κ1) is 16.5. The molecule has 1 fully saturated rings. The van der Waals surface area contributed by atoms with E-state index >= 15 is 0 Å². The fourth-order valence-corrected chi connectivity index (χ4v) is 2.63. The van der Waals surface area contributed by atoms with Crippen LogP contribution in [-0.2, 0) is 4.79 Å². The van der Waals surface area contributed by atoms with Crippen molar-refractivity contribution in [1.29, 1.82) is 5.26 Å². The van der Waals surface area contributed by atoms with Crippen molar-refractivity contribution in [3.05, 3.63) is 35.9 Å². The van der Waals surface area contributed by atoms with Crippen LogP contribution in [0, 0.1) is 17.2 Å². The maximum Gasteiger partial charge on any atom is 0.235 e. The minimum atomic E-state index is -0.766. The molecule has 0 spiro atoms. The number of nitriles is 1. The van der Waals surface area contributed by atoms with E-state index in [2.05, 4.69) is 16.7 Å². The van der Waals surface area contributed by atoms with Crippen LogP contribution < -0.4 is 10.6 Å². The Labute approximate surface area is 131 Å². The van der Waals surface area contributed by atoms with Gasteiger partial charge in [-0.05, 0) is 37.7 Å². The molecule has 0 heterocycles. The maximum atomic E-state index is 12.1. The van der Waals surface area contributed by atoms with Crippen LogP contribution in [0.1, 0.15) is 37.8 Å². The van der Waals surface area contributed by atoms with Gasteiger partial charge in [-0.1, -0.05) is 30.3 Å². The number of rotatable bonds is 8. The zero-order valence-electron chi connectivity index (χ0n) is 12.9. The van der Waals surface area contributed by atoms with E-state index in [1.165, 1.54) is 0 Å². The van der Waals surface area contributed by atoms with Crippen molar-refractivity contribution in [3.63, 3.8) is 0 Å². The Balaban J connectivity index is 1.89. The highest BCUT2D eigenvalue weighted by Crippen LogP contribution is 2.39. The molecular weight excluding hydrogens is 278 g/mol. The van der Waals surface area contributed by atoms with Gasteiger partial charge in [0.25, 0.3) is 0 Å². The van der Waals surface area contributed by atoms with Gasteiger partial charge in [0, 0.05) is 12.6 Å². The van der Waals surface area contributed by atoms with Gasteiger partial charge in [0.05, 0.1) is 12.6 Å². The smallest absolute Gasteiger partial charge is 0.235 e. The summed E-state index contributed by atoms with van der Waals surface area (Å²) in [5.74, 6) is 0.0821. The van der Waals surface area contributed by atoms with Crippen molar-refractivity contribution >= 4 is 5.91 Å². The second kappa shape index (κ2) is 7.39. The first-order chi connectivity index (χ1) is 10.6. The van der Waals surface area contributed by atoms with E-state index in [4.69, 9.17) is 0 Å². The summed E-state index contributed by atoms with van der Waals surface area (Å²) in [4.78, 5) is 12.1. The molecule has 0 bridgehead atoms. The van der Waals surface area contributed by atoms with Crippen LogP contribution in [0.3, 0.4) is 0 Å². The number of nitrogens with one attached hydrogen (secondary N) is 2. The van der Waals surface area contributed by atoms with Crippen LogP contribution in [0.5, 0.6) is 0 Å². The number of hydrogen-bond donors (Lipinski definition) is 3. The molecule has 2 unspecified atom stereocenters. The van der Waals surface area contributed by atoms with E-state index in [0.717, 1.165) is 18.4 Å². The fraction of sp³-hybridized carbons (Fsp3) is 0.529. The van der Waals surface area contributed by atoms with E-state index in [0.29, 0.717) is 6.42 Å². The van der Waals surface area contributed by atoms with E-state index in [1.54, 1.807) is 6.92 Å². The van der Waals surface area contributed by atoms with Gasteiger partial charge in [-0.2, -0.15) is 5.26 Å². The number of carbonyl (C=O) groups is 1. The molecule has 22 heavy (non-hydrogen) atoms. The topological polar surface area (TPSA) is 85.2 Å². The molecule has 2 rings (SSSR count). The van der Waals surface area contributed by atoms with Crippen molar-refractivity contribution < 1.29 is 9.90 Å². The summed E-state index contributed by atoms with van der Waals surface area (Å²) in [6.45, 7) is 1.96. The zero-order valence-corrected chi connectivity index (χ0v) is 12.9. The summed E-state index contributed by atoms with van der Waals surface area (Å²) < 4.78 is 0. The van der Waals surface area contributed by atoms with Gasteiger partial charge in [0.1, 0.15) is 5.54 Å². The highest BCUT2D eigenvalue weighted by Gasteiger charge is 2.42. The monoisotopic (exact) mass is 301 g/mol. The molecule has 0 aliphatic heterocycles. The Morgan fingerprint density at radius 2 is 2.14 bits per heavy atom. The van der Waals surface area contributed by atoms with Crippen molar-refractivity contribution in [2.45, 2.75) is 37.8 Å². The molecule has 3 N–H and O–H groups in total. The van der Waals surface area contributed by atoms with E-state index in [9.17, 15) is 15.2 Å². The average molecular weight is 301 g/mol. The lowest BCUT2D eigenvalue weighted by atomic mass is 9.98. The third-order valence-electron chi connectivity index (χ3n) is 4.15. The Morgan fingerprint density at radius 3 is 2.68 bits per heavy atom. The number of aliphatic hydroxyl groups excluding tert-OH is 1. The number of amides is 1. The van der Waals surface area contributed by atoms with Crippen molar-refractivity contribution in [1.82, 2.24) is 10.6 Å². The van der Waals surface area contributed by atoms with Crippen molar-refractivity contribution in [3.8, 4) is 6.07 Å². The number of hydrogen-bond acceptors (Lipinski definition) is 4. The lowest BCUT2D eigenvalue weighted by Crippen LogP contribution is -2.49. The maximum absolute atomic E-state index is 12.1. The molecule has 0 radical (unpaired) electrons. The molecule has 5 heteroatoms. The SMILES string of the molecule is CC(C#N)(NC(=O)CNC(CCO)c1ccccc1)C1CC1. The Morgan fingerprint density at radius 1 is 1.45 bits per heavy atom. The van der Waals surface area contributed by atoms with Gasteiger partial charge in [-0.15, -0.1) is 0 Å². The van der Waals surface area contributed by atoms with Crippen LogP contribution in [0.15, 0.2) is 30.3 Å². The van der Waals surface area contributed by atoms with Gasteiger partial charge in [0.2, 0.25) is 5.91 Å². The summed E-state index contributed by atoms with van der Waals surface area (Å²) in [5, 5.41) is 24.4. The molecule has 2 atom stereocenters. The lowest BCUT2D eigenvalue weighted by molar-refractivity contribution is -0.121. The number of carbonyl (C=O) groups excluding carboxylic acids is 1. The molecule has 0 saturated heterocycles. The summed E-state index contributed by atoms with van der Waals surface area (Å²) in [5.41, 5.74) is 0.271. The summed E-state index contributed by atoms with van der Waals surface area (Å²) in [6.07, 6.45) is 2.53. The Kier molecular flexibility index (Phi) is 5.53. The Bertz CT molecular complexity index is 537. The highest BCUT2D eigenvalue weighted by atomic mass is 16.3. The standard InChI is InChI=1S/C17H23N3O2/c1-17(12-18,14-7-8-14)20-16(22)11-19-15(9-10-21)13-5-3-2-4-6-13/h2-6,14-15,19,21H,7-11H2,1H3,(H,20,22). The predicted molar refractivity (Wildman–Crippen MR) is 83.8 cm³/mol. The quantitative estimate of drug-likeness (QED) is 0.679. The first-order valence-corrected chi connectivity index (χ1v) is 7.70. The lowest BCUT2D eigenvalue weighted by Gasteiger charge is -2.24. The normalized spacial score (nSPS) is 18.0.